The Morgan fingerprint density at radius 1 is 1.21 bits per heavy atom. The zero-order valence-corrected chi connectivity index (χ0v) is 14.4. The third kappa shape index (κ3) is 5.41. The summed E-state index contributed by atoms with van der Waals surface area (Å²) < 4.78 is 0. The third-order valence-corrected chi connectivity index (χ3v) is 4.29. The van der Waals surface area contributed by atoms with Gasteiger partial charge in [-0.05, 0) is 18.3 Å². The molecule has 0 N–H and O–H groups in total. The number of nitrogens with zero attached hydrogens (tertiary/aromatic N) is 2. The van der Waals surface area contributed by atoms with Gasteiger partial charge < -0.3 is 0 Å². The molecule has 0 fully saturated rings. The molecule has 0 aliphatic heterocycles. The van der Waals surface area contributed by atoms with Gasteiger partial charge in [0.15, 0.2) is 0 Å². The van der Waals surface area contributed by atoms with Crippen molar-refractivity contribution in [3.05, 3.63) is 16.1 Å². The Labute approximate surface area is 127 Å². The molecule has 0 bridgehead atoms. The second-order valence-corrected chi connectivity index (χ2v) is 7.13. The summed E-state index contributed by atoms with van der Waals surface area (Å²) in [4.78, 5) is 7.27. The van der Waals surface area contributed by atoms with E-state index < -0.39 is 0 Å². The van der Waals surface area contributed by atoms with Crippen LogP contribution in [0, 0.1) is 11.8 Å². The van der Waals surface area contributed by atoms with Crippen LogP contribution >= 0.6 is 22.9 Å². The minimum atomic E-state index is 0.437. The molecule has 0 radical (unpaired) electrons. The summed E-state index contributed by atoms with van der Waals surface area (Å²) in [6.07, 6.45) is 1.11. The number of hydrogen-bond acceptors (Lipinski definition) is 3. The fourth-order valence-corrected chi connectivity index (χ4v) is 3.66. The fourth-order valence-electron chi connectivity index (χ4n) is 2.39. The summed E-state index contributed by atoms with van der Waals surface area (Å²) in [7, 11) is 0. The van der Waals surface area contributed by atoms with Crippen LogP contribution in [-0.2, 0) is 5.88 Å². The van der Waals surface area contributed by atoms with Crippen molar-refractivity contribution in [3.63, 3.8) is 0 Å². The fraction of sp³-hybridized carbons (Fsp3) is 0.800. The zero-order chi connectivity index (χ0) is 14.4. The summed E-state index contributed by atoms with van der Waals surface area (Å²) >= 11 is 7.62. The van der Waals surface area contributed by atoms with E-state index in [0.29, 0.717) is 23.8 Å². The Kier molecular flexibility index (Phi) is 7.33. The lowest BCUT2D eigenvalue weighted by atomic mass is 10.1. The van der Waals surface area contributed by atoms with E-state index in [-0.39, 0.29) is 0 Å². The highest BCUT2D eigenvalue weighted by Gasteiger charge is 2.23. The van der Waals surface area contributed by atoms with Gasteiger partial charge in [0.2, 0.25) is 0 Å². The first-order chi connectivity index (χ1) is 8.97. The number of aromatic nitrogens is 1. The van der Waals surface area contributed by atoms with Crippen molar-refractivity contribution < 1.29 is 0 Å². The van der Waals surface area contributed by atoms with Gasteiger partial charge in [-0.2, -0.15) is 0 Å². The van der Waals surface area contributed by atoms with E-state index in [1.165, 1.54) is 5.01 Å². The van der Waals surface area contributed by atoms with Gasteiger partial charge in [-0.1, -0.05) is 34.6 Å². The van der Waals surface area contributed by atoms with Gasteiger partial charge in [-0.15, -0.1) is 22.9 Å². The van der Waals surface area contributed by atoms with Gasteiger partial charge in [0.1, 0.15) is 5.01 Å². The predicted octanol–water partition coefficient (Wildman–Crippen LogP) is 4.95. The molecule has 0 aliphatic rings. The normalized spacial score (nSPS) is 13.7. The highest BCUT2D eigenvalue weighted by Crippen LogP contribution is 2.29. The number of hydrogen-bond donors (Lipinski definition) is 0. The Hall–Kier alpha value is -0.120. The van der Waals surface area contributed by atoms with Crippen molar-refractivity contribution in [2.45, 2.75) is 53.0 Å². The van der Waals surface area contributed by atoms with Gasteiger partial charge in [0, 0.05) is 18.5 Å². The summed E-state index contributed by atoms with van der Waals surface area (Å²) in [5, 5.41) is 3.31. The van der Waals surface area contributed by atoms with E-state index >= 15 is 0 Å². The first kappa shape index (κ1) is 16.9. The Bertz CT molecular complexity index is 353. The second-order valence-electron chi connectivity index (χ2n) is 5.98. The van der Waals surface area contributed by atoms with Gasteiger partial charge in [0.05, 0.1) is 17.6 Å². The van der Waals surface area contributed by atoms with E-state index in [0.717, 1.165) is 25.2 Å². The molecule has 110 valence electrons. The van der Waals surface area contributed by atoms with Crippen LogP contribution in [0.4, 0.5) is 0 Å². The molecule has 0 amide bonds. The van der Waals surface area contributed by atoms with Crippen molar-refractivity contribution in [3.8, 4) is 0 Å². The minimum absolute atomic E-state index is 0.437. The third-order valence-electron chi connectivity index (χ3n) is 3.02. The lowest BCUT2D eigenvalue weighted by Crippen LogP contribution is -2.35. The zero-order valence-electron chi connectivity index (χ0n) is 12.8. The molecule has 4 heteroatoms. The van der Waals surface area contributed by atoms with E-state index in [1.807, 2.05) is 0 Å². The number of halogens is 1. The minimum Gasteiger partial charge on any atom is -0.294 e. The van der Waals surface area contributed by atoms with E-state index in [1.54, 1.807) is 11.3 Å². The quantitative estimate of drug-likeness (QED) is 0.632. The maximum Gasteiger partial charge on any atom is 0.110 e. The molecular weight excluding hydrogens is 276 g/mol. The predicted molar refractivity (Wildman–Crippen MR) is 86.0 cm³/mol. The van der Waals surface area contributed by atoms with Crippen LogP contribution in [0.15, 0.2) is 5.38 Å². The summed E-state index contributed by atoms with van der Waals surface area (Å²) in [5.74, 6) is 1.88. The summed E-state index contributed by atoms with van der Waals surface area (Å²) in [6.45, 7) is 13.6. The highest BCUT2D eigenvalue weighted by atomic mass is 35.5. The van der Waals surface area contributed by atoms with Crippen LogP contribution in [-0.4, -0.2) is 23.0 Å². The average Bonchev–Trinajstić information content (AvgIpc) is 2.77. The smallest absolute Gasteiger partial charge is 0.110 e. The molecular formula is C15H27ClN2S. The molecule has 1 aromatic heterocycles. The molecule has 0 spiro atoms. The molecule has 1 rings (SSSR count). The van der Waals surface area contributed by atoms with Gasteiger partial charge in [0.25, 0.3) is 0 Å². The van der Waals surface area contributed by atoms with Crippen molar-refractivity contribution in [1.82, 2.24) is 9.88 Å². The average molecular weight is 303 g/mol. The molecule has 0 saturated heterocycles. The maximum atomic E-state index is 5.87. The molecule has 1 heterocycles. The lowest BCUT2D eigenvalue weighted by molar-refractivity contribution is 0.152. The van der Waals surface area contributed by atoms with E-state index in [9.17, 15) is 0 Å². The second kappa shape index (κ2) is 8.23. The molecule has 0 aliphatic carbocycles. The van der Waals surface area contributed by atoms with Crippen LogP contribution in [0.1, 0.15) is 57.8 Å². The van der Waals surface area contributed by atoms with E-state index in [4.69, 9.17) is 11.6 Å². The van der Waals surface area contributed by atoms with Crippen LogP contribution in [0.25, 0.3) is 0 Å². The van der Waals surface area contributed by atoms with Crippen molar-refractivity contribution in [1.29, 1.82) is 0 Å². The van der Waals surface area contributed by atoms with Gasteiger partial charge >= 0.3 is 0 Å². The largest absolute Gasteiger partial charge is 0.294 e. The SMILES string of the molecule is CCC(c1nc(CCl)cs1)N(CC(C)C)CC(C)C. The van der Waals surface area contributed by atoms with Gasteiger partial charge in [-0.25, -0.2) is 4.98 Å². The van der Waals surface area contributed by atoms with Crippen LogP contribution in [0.2, 0.25) is 0 Å². The molecule has 1 atom stereocenters. The monoisotopic (exact) mass is 302 g/mol. The lowest BCUT2D eigenvalue weighted by Gasteiger charge is -2.32. The Morgan fingerprint density at radius 3 is 2.16 bits per heavy atom. The van der Waals surface area contributed by atoms with Crippen LogP contribution in [0.5, 0.6) is 0 Å². The summed E-state index contributed by atoms with van der Waals surface area (Å²) in [5.41, 5.74) is 1.01. The topological polar surface area (TPSA) is 16.1 Å². The molecule has 0 aromatic carbocycles. The first-order valence-electron chi connectivity index (χ1n) is 7.22. The highest BCUT2D eigenvalue weighted by molar-refractivity contribution is 7.09. The molecule has 1 unspecified atom stereocenters. The van der Waals surface area contributed by atoms with Crippen LogP contribution in [0.3, 0.4) is 0 Å². The standard InChI is InChI=1S/C15H27ClN2S/c1-6-14(15-17-13(7-16)10-19-15)18(8-11(2)3)9-12(4)5/h10-12,14H,6-9H2,1-5H3. The molecule has 1 aromatic rings. The van der Waals surface area contributed by atoms with Crippen molar-refractivity contribution in [2.75, 3.05) is 13.1 Å². The number of rotatable bonds is 8. The summed E-state index contributed by atoms with van der Waals surface area (Å²) in [6, 6.07) is 0.437. The first-order valence-corrected chi connectivity index (χ1v) is 8.63. The Morgan fingerprint density at radius 2 is 1.79 bits per heavy atom. The van der Waals surface area contributed by atoms with Crippen molar-refractivity contribution >= 4 is 22.9 Å². The maximum absolute atomic E-state index is 5.87. The van der Waals surface area contributed by atoms with Crippen LogP contribution < -0.4 is 0 Å². The molecule has 19 heavy (non-hydrogen) atoms. The van der Waals surface area contributed by atoms with Gasteiger partial charge in [-0.3, -0.25) is 4.90 Å². The van der Waals surface area contributed by atoms with Crippen molar-refractivity contribution in [2.24, 2.45) is 11.8 Å². The van der Waals surface area contributed by atoms with E-state index in [2.05, 4.69) is 49.9 Å². The molecule has 0 saturated carbocycles. The number of thiazole rings is 1. The number of alkyl halides is 1. The Balaban J connectivity index is 2.87. The molecule has 2 nitrogen and oxygen atoms in total.